The second kappa shape index (κ2) is 10.9. The number of hydrogen-bond donors (Lipinski definition) is 0. The Morgan fingerprint density at radius 1 is 0.921 bits per heavy atom. The topological polar surface area (TPSA) is 41.9 Å². The number of hydrazone groups is 1. The molecule has 2 aliphatic rings. The number of amides is 1. The maximum absolute atomic E-state index is 13.6. The van der Waals surface area contributed by atoms with Gasteiger partial charge in [0.2, 0.25) is 0 Å². The summed E-state index contributed by atoms with van der Waals surface area (Å²) in [6.45, 7) is -0.0688. The Labute approximate surface area is 239 Å². The first kappa shape index (κ1) is 25.1. The van der Waals surface area contributed by atoms with Gasteiger partial charge in [0.1, 0.15) is 5.75 Å². The first-order valence-electron chi connectivity index (χ1n) is 12.8. The van der Waals surface area contributed by atoms with Crippen LogP contribution >= 0.6 is 31.9 Å². The Morgan fingerprint density at radius 2 is 1.63 bits per heavy atom. The van der Waals surface area contributed by atoms with Crippen LogP contribution in [0.2, 0.25) is 0 Å². The molecule has 0 radical (unpaired) electrons. The zero-order chi connectivity index (χ0) is 26.1. The van der Waals surface area contributed by atoms with Crippen LogP contribution in [0, 0.1) is 5.92 Å². The van der Waals surface area contributed by atoms with Gasteiger partial charge in [-0.15, -0.1) is 0 Å². The predicted molar refractivity (Wildman–Crippen MR) is 160 cm³/mol. The maximum Gasteiger partial charge on any atom is 0.281 e. The van der Waals surface area contributed by atoms with Crippen LogP contribution < -0.4 is 4.74 Å². The number of carbonyl (C=O) groups excluding carboxylic acids is 1. The summed E-state index contributed by atoms with van der Waals surface area (Å²) in [5, 5.41) is 8.87. The molecule has 6 heteroatoms. The lowest BCUT2D eigenvalue weighted by Gasteiger charge is -2.29. The highest BCUT2D eigenvalue weighted by atomic mass is 79.9. The Morgan fingerprint density at radius 3 is 2.39 bits per heavy atom. The Kier molecular flexibility index (Phi) is 7.18. The van der Waals surface area contributed by atoms with Crippen molar-refractivity contribution in [2.75, 3.05) is 6.61 Å². The Hall–Kier alpha value is -3.22. The van der Waals surface area contributed by atoms with Crippen molar-refractivity contribution >= 4 is 60.3 Å². The fourth-order valence-corrected chi connectivity index (χ4v) is 5.96. The molecule has 2 atom stereocenters. The molecule has 0 bridgehead atoms. The summed E-state index contributed by atoms with van der Waals surface area (Å²) < 4.78 is 8.06. The highest BCUT2D eigenvalue weighted by Gasteiger charge is 2.43. The third kappa shape index (κ3) is 5.20. The third-order valence-corrected chi connectivity index (χ3v) is 8.32. The highest BCUT2D eigenvalue weighted by molar-refractivity contribution is 9.10. The van der Waals surface area contributed by atoms with Gasteiger partial charge in [0.05, 0.1) is 11.8 Å². The number of hydrogen-bond acceptors (Lipinski definition) is 3. The van der Waals surface area contributed by atoms with Crippen LogP contribution in [0.25, 0.3) is 16.8 Å². The molecule has 6 rings (SSSR count). The van der Waals surface area contributed by atoms with Gasteiger partial charge < -0.3 is 4.74 Å². The summed E-state index contributed by atoms with van der Waals surface area (Å²) in [7, 11) is 0. The van der Waals surface area contributed by atoms with Crippen molar-refractivity contribution in [3.63, 3.8) is 0 Å². The monoisotopic (exact) mass is 628 g/mol. The van der Waals surface area contributed by atoms with Gasteiger partial charge in [-0.2, -0.15) is 5.10 Å². The lowest BCUT2D eigenvalue weighted by molar-refractivity contribution is -0.135. The number of fused-ring (bicyclic) bond motifs is 2. The van der Waals surface area contributed by atoms with E-state index in [9.17, 15) is 4.79 Å². The van der Waals surface area contributed by atoms with E-state index >= 15 is 0 Å². The summed E-state index contributed by atoms with van der Waals surface area (Å²) in [5.41, 5.74) is 4.44. The molecule has 0 unspecified atom stereocenters. The first-order chi connectivity index (χ1) is 18.5. The normalized spacial score (nSPS) is 19.9. The molecule has 4 aromatic rings. The molecule has 0 saturated heterocycles. The van der Waals surface area contributed by atoms with Crippen LogP contribution in [0.1, 0.15) is 36.4 Å². The zero-order valence-electron chi connectivity index (χ0n) is 20.7. The van der Waals surface area contributed by atoms with Gasteiger partial charge in [-0.25, -0.2) is 5.01 Å². The Balaban J connectivity index is 1.30. The molecular weight excluding hydrogens is 604 g/mol. The van der Waals surface area contributed by atoms with E-state index in [2.05, 4.69) is 68.3 Å². The van der Waals surface area contributed by atoms with Gasteiger partial charge in [-0.3, -0.25) is 4.79 Å². The molecule has 1 fully saturated rings. The van der Waals surface area contributed by atoms with Crippen LogP contribution in [0.3, 0.4) is 0 Å². The number of ether oxygens (including phenoxy) is 1. The van der Waals surface area contributed by atoms with Crippen molar-refractivity contribution in [3.05, 3.63) is 117 Å². The standard InChI is InChI=1S/C32H26Br2N2O2/c33-26-13-8-21(9-14-26)18-25-6-3-7-29-31(25)35-36(32(29)23-10-15-27(34)16-11-23)30(37)20-38-28-17-12-22-4-1-2-5-24(22)19-28/h1-2,4-5,8-19,29,32H,3,6-7,20H2/b25-18+/t29-,32-/m0/s1. The molecule has 1 amide bonds. The van der Waals surface area contributed by atoms with E-state index in [0.717, 1.165) is 55.8 Å². The number of rotatable bonds is 5. The lowest BCUT2D eigenvalue weighted by Crippen LogP contribution is -2.34. The summed E-state index contributed by atoms with van der Waals surface area (Å²) >= 11 is 7.06. The average Bonchev–Trinajstić information content (AvgIpc) is 3.34. The quantitative estimate of drug-likeness (QED) is 0.222. The van der Waals surface area contributed by atoms with Gasteiger partial charge >= 0.3 is 0 Å². The van der Waals surface area contributed by atoms with Gasteiger partial charge in [0.25, 0.3) is 5.91 Å². The molecule has 0 N–H and O–H groups in total. The van der Waals surface area contributed by atoms with Gasteiger partial charge in [0.15, 0.2) is 6.61 Å². The van der Waals surface area contributed by atoms with E-state index in [1.54, 1.807) is 5.01 Å². The molecule has 38 heavy (non-hydrogen) atoms. The van der Waals surface area contributed by atoms with E-state index in [-0.39, 0.29) is 24.5 Å². The molecule has 4 aromatic carbocycles. The number of nitrogens with zero attached hydrogens (tertiary/aromatic N) is 2. The molecule has 1 saturated carbocycles. The van der Waals surface area contributed by atoms with E-state index in [1.165, 1.54) is 5.57 Å². The third-order valence-electron chi connectivity index (χ3n) is 7.26. The van der Waals surface area contributed by atoms with E-state index in [0.29, 0.717) is 5.75 Å². The SMILES string of the molecule is O=C(COc1ccc2ccccc2c1)N1N=C2/C(=C/c3ccc(Br)cc3)CCC[C@@H]2[C@@H]1c1ccc(Br)cc1. The number of carbonyl (C=O) groups is 1. The minimum atomic E-state index is -0.153. The van der Waals surface area contributed by atoms with E-state index in [1.807, 2.05) is 60.7 Å². The minimum Gasteiger partial charge on any atom is -0.484 e. The van der Waals surface area contributed by atoms with E-state index < -0.39 is 0 Å². The smallest absolute Gasteiger partial charge is 0.281 e. The zero-order valence-corrected chi connectivity index (χ0v) is 23.9. The van der Waals surface area contributed by atoms with Crippen molar-refractivity contribution < 1.29 is 9.53 Å². The Bertz CT molecular complexity index is 1540. The molecule has 1 aliphatic carbocycles. The minimum absolute atomic E-state index is 0.0688. The summed E-state index contributed by atoms with van der Waals surface area (Å²) in [6, 6.07) is 30.4. The molecule has 190 valence electrons. The molecule has 1 heterocycles. The van der Waals surface area contributed by atoms with Gasteiger partial charge in [0, 0.05) is 14.9 Å². The number of allylic oxidation sites excluding steroid dienone is 1. The molecule has 1 aliphatic heterocycles. The highest BCUT2D eigenvalue weighted by Crippen LogP contribution is 2.44. The summed E-state index contributed by atoms with van der Waals surface area (Å²) in [6.07, 6.45) is 5.23. The van der Waals surface area contributed by atoms with Crippen molar-refractivity contribution in [2.45, 2.75) is 25.3 Å². The van der Waals surface area contributed by atoms with Crippen molar-refractivity contribution in [3.8, 4) is 5.75 Å². The first-order valence-corrected chi connectivity index (χ1v) is 14.4. The molecule has 0 spiro atoms. The van der Waals surface area contributed by atoms with Gasteiger partial charge in [-0.05, 0) is 89.2 Å². The van der Waals surface area contributed by atoms with Gasteiger partial charge in [-0.1, -0.05) is 86.5 Å². The molecule has 4 nitrogen and oxygen atoms in total. The maximum atomic E-state index is 13.6. The van der Waals surface area contributed by atoms with Crippen LogP contribution in [-0.4, -0.2) is 23.2 Å². The largest absolute Gasteiger partial charge is 0.484 e. The van der Waals surface area contributed by atoms with E-state index in [4.69, 9.17) is 9.84 Å². The van der Waals surface area contributed by atoms with Crippen molar-refractivity contribution in [2.24, 2.45) is 11.0 Å². The number of benzene rings is 4. The fourth-order valence-electron chi connectivity index (χ4n) is 5.43. The van der Waals surface area contributed by atoms with Crippen LogP contribution in [-0.2, 0) is 4.79 Å². The van der Waals surface area contributed by atoms with Crippen LogP contribution in [0.15, 0.2) is 111 Å². The van der Waals surface area contributed by atoms with Crippen molar-refractivity contribution in [1.29, 1.82) is 0 Å². The lowest BCUT2D eigenvalue weighted by atomic mass is 9.77. The summed E-state index contributed by atoms with van der Waals surface area (Å²) in [4.78, 5) is 13.6. The van der Waals surface area contributed by atoms with Crippen LogP contribution in [0.5, 0.6) is 5.75 Å². The average molecular weight is 630 g/mol. The second-order valence-corrected chi connectivity index (χ2v) is 11.6. The predicted octanol–water partition coefficient (Wildman–Crippen LogP) is 8.57. The second-order valence-electron chi connectivity index (χ2n) is 9.74. The molecular formula is C32H26Br2N2O2. The fraction of sp³-hybridized carbons (Fsp3) is 0.188. The number of halogens is 2. The summed E-state index contributed by atoms with van der Waals surface area (Å²) in [5.74, 6) is 0.685. The van der Waals surface area contributed by atoms with Crippen molar-refractivity contribution in [1.82, 2.24) is 5.01 Å². The van der Waals surface area contributed by atoms with Crippen LogP contribution in [0.4, 0.5) is 0 Å². The molecule has 0 aromatic heterocycles.